The summed E-state index contributed by atoms with van der Waals surface area (Å²) in [6.45, 7) is 1.48. The number of halogens is 1. The first-order valence-corrected chi connectivity index (χ1v) is 11.0. The van der Waals surface area contributed by atoms with Gasteiger partial charge in [0.25, 0.3) is 0 Å². The van der Waals surface area contributed by atoms with Crippen LogP contribution in [0.1, 0.15) is 17.5 Å². The van der Waals surface area contributed by atoms with Crippen LogP contribution in [0.15, 0.2) is 59.3 Å². The minimum absolute atomic E-state index is 0.374. The maximum absolute atomic E-state index is 6.17. The third-order valence-electron chi connectivity index (χ3n) is 5.13. The molecule has 0 fully saturated rings. The number of nitrogens with zero attached hydrogens (tertiary/aromatic N) is 4. The van der Waals surface area contributed by atoms with Crippen molar-refractivity contribution in [3.05, 3.63) is 70.5 Å². The Morgan fingerprint density at radius 3 is 2.45 bits per heavy atom. The number of aromatic nitrogens is 4. The predicted octanol–water partition coefficient (Wildman–Crippen LogP) is 4.47. The summed E-state index contributed by atoms with van der Waals surface area (Å²) in [4.78, 5) is 13.6. The van der Waals surface area contributed by atoms with Crippen LogP contribution in [0, 0.1) is 0 Å². The number of fused-ring (bicyclic) bond motifs is 1. The molecular formula is C23H25BrN6O. The van der Waals surface area contributed by atoms with Crippen molar-refractivity contribution in [3.63, 3.8) is 0 Å². The standard InChI is InChI=1S/C23H25BrN6O/c1-31-18-11-9-17(10-12-18)13-15-30-21-19(27-22(30)24)20(25)28-23(29-21)26-14-5-8-16-6-3-2-4-7-16/h2-4,6-7,9-12H,5,8,13-15H2,1H3,(H3,25,26,28,29). The molecule has 0 atom stereocenters. The minimum Gasteiger partial charge on any atom is -0.497 e. The van der Waals surface area contributed by atoms with Crippen LogP contribution in [0.25, 0.3) is 11.2 Å². The number of nitrogens with two attached hydrogens (primary N) is 1. The van der Waals surface area contributed by atoms with Gasteiger partial charge in [-0.15, -0.1) is 0 Å². The number of hydrogen-bond donors (Lipinski definition) is 2. The molecule has 2 aromatic heterocycles. The van der Waals surface area contributed by atoms with Crippen molar-refractivity contribution in [2.24, 2.45) is 0 Å². The SMILES string of the molecule is COc1ccc(CCn2c(Br)nc3c(N)nc(NCCCc4ccccc4)nc32)cc1. The Balaban J connectivity index is 1.44. The van der Waals surface area contributed by atoms with Crippen LogP contribution in [0.5, 0.6) is 5.75 Å². The zero-order valence-electron chi connectivity index (χ0n) is 17.4. The Hall–Kier alpha value is -3.13. The van der Waals surface area contributed by atoms with Gasteiger partial charge in [-0.2, -0.15) is 9.97 Å². The lowest BCUT2D eigenvalue weighted by Crippen LogP contribution is -2.10. The van der Waals surface area contributed by atoms with Gasteiger partial charge in [0.2, 0.25) is 5.95 Å². The van der Waals surface area contributed by atoms with Gasteiger partial charge in [-0.1, -0.05) is 42.5 Å². The van der Waals surface area contributed by atoms with Gasteiger partial charge in [0, 0.05) is 13.1 Å². The summed E-state index contributed by atoms with van der Waals surface area (Å²) in [6.07, 6.45) is 2.81. The summed E-state index contributed by atoms with van der Waals surface area (Å²) in [5.74, 6) is 1.75. The van der Waals surface area contributed by atoms with E-state index in [0.29, 0.717) is 28.6 Å². The summed E-state index contributed by atoms with van der Waals surface area (Å²) in [5, 5.41) is 3.30. The third-order valence-corrected chi connectivity index (χ3v) is 5.73. The molecule has 0 spiro atoms. The monoisotopic (exact) mass is 480 g/mol. The maximum Gasteiger partial charge on any atom is 0.226 e. The van der Waals surface area contributed by atoms with Crippen LogP contribution in [0.2, 0.25) is 0 Å². The predicted molar refractivity (Wildman–Crippen MR) is 127 cm³/mol. The number of rotatable bonds is 9. The van der Waals surface area contributed by atoms with Gasteiger partial charge in [0.15, 0.2) is 21.7 Å². The highest BCUT2D eigenvalue weighted by Gasteiger charge is 2.15. The van der Waals surface area contributed by atoms with Gasteiger partial charge in [-0.25, -0.2) is 4.98 Å². The number of benzene rings is 2. The average molecular weight is 481 g/mol. The second kappa shape index (κ2) is 9.78. The molecule has 7 nitrogen and oxygen atoms in total. The minimum atomic E-state index is 0.374. The molecule has 8 heteroatoms. The van der Waals surface area contributed by atoms with Crippen molar-refractivity contribution < 1.29 is 4.74 Å². The van der Waals surface area contributed by atoms with E-state index in [1.54, 1.807) is 7.11 Å². The fourth-order valence-electron chi connectivity index (χ4n) is 3.44. The van der Waals surface area contributed by atoms with Crippen molar-refractivity contribution in [2.75, 3.05) is 24.7 Å². The lowest BCUT2D eigenvalue weighted by atomic mass is 10.1. The molecule has 4 aromatic rings. The third kappa shape index (κ3) is 5.14. The maximum atomic E-state index is 6.17. The molecule has 0 radical (unpaired) electrons. The van der Waals surface area contributed by atoms with Gasteiger partial charge >= 0.3 is 0 Å². The molecule has 0 saturated carbocycles. The summed E-state index contributed by atoms with van der Waals surface area (Å²) in [5.41, 5.74) is 10.0. The number of nitrogen functional groups attached to an aromatic ring is 1. The Kier molecular flexibility index (Phi) is 6.66. The van der Waals surface area contributed by atoms with Crippen LogP contribution >= 0.6 is 15.9 Å². The second-order valence-electron chi connectivity index (χ2n) is 7.25. The summed E-state index contributed by atoms with van der Waals surface area (Å²) in [6, 6.07) is 18.5. The van der Waals surface area contributed by atoms with Gasteiger partial charge in [0.1, 0.15) is 5.75 Å². The first-order chi connectivity index (χ1) is 15.1. The lowest BCUT2D eigenvalue weighted by molar-refractivity contribution is 0.414. The highest BCUT2D eigenvalue weighted by atomic mass is 79.9. The van der Waals surface area contributed by atoms with E-state index in [0.717, 1.165) is 37.2 Å². The summed E-state index contributed by atoms with van der Waals surface area (Å²) >= 11 is 3.54. The van der Waals surface area contributed by atoms with Crippen molar-refractivity contribution in [1.82, 2.24) is 19.5 Å². The molecule has 0 saturated heterocycles. The quantitative estimate of drug-likeness (QED) is 0.271. The van der Waals surface area contributed by atoms with Gasteiger partial charge in [0.05, 0.1) is 7.11 Å². The van der Waals surface area contributed by atoms with E-state index in [9.17, 15) is 0 Å². The molecule has 160 valence electrons. The number of imidazole rings is 1. The smallest absolute Gasteiger partial charge is 0.226 e. The van der Waals surface area contributed by atoms with E-state index in [1.807, 2.05) is 22.8 Å². The summed E-state index contributed by atoms with van der Waals surface area (Å²) in [7, 11) is 1.67. The zero-order chi connectivity index (χ0) is 21.6. The van der Waals surface area contributed by atoms with E-state index in [-0.39, 0.29) is 0 Å². The number of methoxy groups -OCH3 is 1. The Morgan fingerprint density at radius 2 is 1.71 bits per heavy atom. The molecule has 3 N–H and O–H groups in total. The van der Waals surface area contributed by atoms with Crippen LogP contribution in [-0.4, -0.2) is 33.2 Å². The fraction of sp³-hybridized carbons (Fsp3) is 0.261. The molecule has 0 unspecified atom stereocenters. The molecule has 0 aliphatic rings. The number of hydrogen-bond acceptors (Lipinski definition) is 6. The van der Waals surface area contributed by atoms with E-state index in [2.05, 4.69) is 72.6 Å². The molecule has 4 rings (SSSR count). The second-order valence-corrected chi connectivity index (χ2v) is 7.96. The number of nitrogens with one attached hydrogen (secondary N) is 1. The van der Waals surface area contributed by atoms with E-state index < -0.39 is 0 Å². The fourth-order valence-corrected chi connectivity index (χ4v) is 3.97. The molecule has 0 amide bonds. The van der Waals surface area contributed by atoms with Crippen molar-refractivity contribution in [2.45, 2.75) is 25.8 Å². The van der Waals surface area contributed by atoms with Gasteiger partial charge in [-0.05, 0) is 58.5 Å². The van der Waals surface area contributed by atoms with Crippen molar-refractivity contribution in [1.29, 1.82) is 0 Å². The average Bonchev–Trinajstić information content (AvgIpc) is 3.12. The Morgan fingerprint density at radius 1 is 0.968 bits per heavy atom. The molecule has 2 heterocycles. The van der Waals surface area contributed by atoms with E-state index >= 15 is 0 Å². The van der Waals surface area contributed by atoms with Crippen molar-refractivity contribution >= 4 is 38.9 Å². The summed E-state index contributed by atoms with van der Waals surface area (Å²) < 4.78 is 7.94. The molecular weight excluding hydrogens is 456 g/mol. The van der Waals surface area contributed by atoms with Crippen molar-refractivity contribution in [3.8, 4) is 5.75 Å². The molecule has 2 aromatic carbocycles. The van der Waals surface area contributed by atoms with Crippen LogP contribution < -0.4 is 15.8 Å². The molecule has 0 bridgehead atoms. The highest BCUT2D eigenvalue weighted by molar-refractivity contribution is 9.10. The van der Waals surface area contributed by atoms with Crippen LogP contribution in [0.4, 0.5) is 11.8 Å². The van der Waals surface area contributed by atoms with Crippen LogP contribution in [-0.2, 0) is 19.4 Å². The molecule has 0 aliphatic heterocycles. The topological polar surface area (TPSA) is 90.9 Å². The molecule has 31 heavy (non-hydrogen) atoms. The van der Waals surface area contributed by atoms with E-state index in [1.165, 1.54) is 11.1 Å². The van der Waals surface area contributed by atoms with E-state index in [4.69, 9.17) is 10.5 Å². The van der Waals surface area contributed by atoms with Gasteiger partial charge < -0.3 is 20.4 Å². The number of ether oxygens (including phenoxy) is 1. The zero-order valence-corrected chi connectivity index (χ0v) is 19.0. The Bertz CT molecular complexity index is 1140. The first kappa shape index (κ1) is 21.1. The highest BCUT2D eigenvalue weighted by Crippen LogP contribution is 2.24. The first-order valence-electron chi connectivity index (χ1n) is 10.2. The normalized spacial score (nSPS) is 11.0. The number of aryl methyl sites for hydroxylation is 3. The molecule has 0 aliphatic carbocycles. The number of anilines is 2. The Labute approximate surface area is 189 Å². The van der Waals surface area contributed by atoms with Crippen LogP contribution in [0.3, 0.4) is 0 Å². The lowest BCUT2D eigenvalue weighted by Gasteiger charge is -2.09. The van der Waals surface area contributed by atoms with Gasteiger partial charge in [-0.3, -0.25) is 0 Å². The largest absolute Gasteiger partial charge is 0.497 e.